The number of rotatable bonds is 1. The number of fused-ring (bicyclic) bond motifs is 1. The van der Waals surface area contributed by atoms with Crippen LogP contribution in [0.1, 0.15) is 0 Å². The third-order valence-corrected chi connectivity index (χ3v) is 3.58. The van der Waals surface area contributed by atoms with Gasteiger partial charge < -0.3 is 10.1 Å². The standard InChI is InChI=1S/C12H7F2IN4/c13-6-1-2-7(16)11(14)10(6)8-4-19-5-18-12(15)9(19)3-17-8/h1-5H,16H2. The molecule has 0 unspecified atom stereocenters. The molecule has 0 aliphatic rings. The zero-order valence-corrected chi connectivity index (χ0v) is 11.6. The topological polar surface area (TPSA) is 56.2 Å². The Kier molecular flexibility index (Phi) is 2.85. The van der Waals surface area contributed by atoms with Crippen molar-refractivity contribution in [2.45, 2.75) is 0 Å². The third-order valence-electron chi connectivity index (χ3n) is 2.75. The van der Waals surface area contributed by atoms with Gasteiger partial charge in [-0.1, -0.05) is 0 Å². The number of imidazole rings is 1. The Balaban J connectivity index is 2.27. The van der Waals surface area contributed by atoms with Crippen LogP contribution >= 0.6 is 22.6 Å². The number of aromatic nitrogens is 3. The Bertz CT molecular complexity index is 785. The summed E-state index contributed by atoms with van der Waals surface area (Å²) in [5.41, 5.74) is 6.05. The highest BCUT2D eigenvalue weighted by Crippen LogP contribution is 2.28. The van der Waals surface area contributed by atoms with Crippen molar-refractivity contribution in [2.24, 2.45) is 0 Å². The maximum absolute atomic E-state index is 13.9. The minimum absolute atomic E-state index is 0.112. The lowest BCUT2D eigenvalue weighted by Crippen LogP contribution is -1.99. The number of anilines is 1. The van der Waals surface area contributed by atoms with E-state index < -0.39 is 11.6 Å². The summed E-state index contributed by atoms with van der Waals surface area (Å²) in [5, 5.41) is 0. The van der Waals surface area contributed by atoms with Gasteiger partial charge in [-0.3, -0.25) is 4.98 Å². The summed E-state index contributed by atoms with van der Waals surface area (Å²) in [6.07, 6.45) is 4.60. The molecular formula is C12H7F2IN4. The van der Waals surface area contributed by atoms with Crippen molar-refractivity contribution < 1.29 is 8.78 Å². The van der Waals surface area contributed by atoms with E-state index in [1.165, 1.54) is 18.5 Å². The first-order valence-electron chi connectivity index (χ1n) is 5.30. The molecule has 0 fully saturated rings. The minimum atomic E-state index is -0.804. The van der Waals surface area contributed by atoms with Gasteiger partial charge in [0.25, 0.3) is 0 Å². The molecule has 2 N–H and O–H groups in total. The van der Waals surface area contributed by atoms with Crippen LogP contribution in [-0.4, -0.2) is 14.4 Å². The van der Waals surface area contributed by atoms with Gasteiger partial charge in [-0.25, -0.2) is 13.8 Å². The van der Waals surface area contributed by atoms with E-state index in [4.69, 9.17) is 5.73 Å². The van der Waals surface area contributed by atoms with E-state index in [9.17, 15) is 8.78 Å². The molecule has 0 aliphatic carbocycles. The molecular weight excluding hydrogens is 365 g/mol. The first kappa shape index (κ1) is 12.3. The van der Waals surface area contributed by atoms with Gasteiger partial charge in [-0.05, 0) is 34.7 Å². The van der Waals surface area contributed by atoms with Gasteiger partial charge in [0.1, 0.15) is 15.8 Å². The zero-order valence-electron chi connectivity index (χ0n) is 9.44. The molecule has 0 saturated carbocycles. The van der Waals surface area contributed by atoms with Gasteiger partial charge in [0, 0.05) is 6.20 Å². The molecule has 7 heteroatoms. The second kappa shape index (κ2) is 4.41. The Morgan fingerprint density at radius 1 is 1.21 bits per heavy atom. The van der Waals surface area contributed by atoms with Crippen molar-refractivity contribution in [2.75, 3.05) is 5.73 Å². The molecule has 96 valence electrons. The highest BCUT2D eigenvalue weighted by molar-refractivity contribution is 14.1. The van der Waals surface area contributed by atoms with Crippen LogP contribution in [0.2, 0.25) is 0 Å². The van der Waals surface area contributed by atoms with Crippen LogP contribution in [0.4, 0.5) is 14.5 Å². The summed E-state index contributed by atoms with van der Waals surface area (Å²) in [4.78, 5) is 8.16. The summed E-state index contributed by atoms with van der Waals surface area (Å²) in [6, 6.07) is 2.31. The molecule has 2 heterocycles. The number of nitrogens with two attached hydrogens (primary N) is 1. The lowest BCUT2D eigenvalue weighted by molar-refractivity contribution is 0.591. The van der Waals surface area contributed by atoms with Crippen molar-refractivity contribution in [1.82, 2.24) is 14.4 Å². The molecule has 0 spiro atoms. The van der Waals surface area contributed by atoms with Gasteiger partial charge in [-0.2, -0.15) is 0 Å². The molecule has 4 nitrogen and oxygen atoms in total. The number of nitrogens with zero attached hydrogens (tertiary/aromatic N) is 3. The first-order valence-corrected chi connectivity index (χ1v) is 6.38. The summed E-state index contributed by atoms with van der Waals surface area (Å²) < 4.78 is 30.1. The van der Waals surface area contributed by atoms with E-state index in [0.717, 1.165) is 15.3 Å². The Morgan fingerprint density at radius 2 is 2.00 bits per heavy atom. The normalized spacial score (nSPS) is 11.1. The average molecular weight is 372 g/mol. The van der Waals surface area contributed by atoms with Crippen molar-refractivity contribution >= 4 is 33.8 Å². The Morgan fingerprint density at radius 3 is 2.79 bits per heavy atom. The van der Waals surface area contributed by atoms with E-state index in [1.54, 1.807) is 10.7 Å². The van der Waals surface area contributed by atoms with Crippen LogP contribution in [0.15, 0.2) is 30.9 Å². The molecule has 0 amide bonds. The highest BCUT2D eigenvalue weighted by atomic mass is 127. The van der Waals surface area contributed by atoms with Crippen LogP contribution < -0.4 is 5.73 Å². The molecule has 1 aromatic carbocycles. The number of benzene rings is 1. The largest absolute Gasteiger partial charge is 0.396 e. The number of nitrogen functional groups attached to an aromatic ring is 1. The zero-order chi connectivity index (χ0) is 13.6. The highest BCUT2D eigenvalue weighted by Gasteiger charge is 2.16. The van der Waals surface area contributed by atoms with Crippen LogP contribution in [0.25, 0.3) is 16.8 Å². The first-order chi connectivity index (χ1) is 9.08. The van der Waals surface area contributed by atoms with Crippen molar-refractivity contribution in [3.05, 3.63) is 46.2 Å². The van der Waals surface area contributed by atoms with E-state index in [0.29, 0.717) is 0 Å². The van der Waals surface area contributed by atoms with E-state index in [1.807, 2.05) is 0 Å². The van der Waals surface area contributed by atoms with Gasteiger partial charge in [0.05, 0.1) is 28.7 Å². The SMILES string of the molecule is Nc1ccc(F)c(-c2cn3cnc(I)c3cn2)c1F. The second-order valence-electron chi connectivity index (χ2n) is 3.93. The Labute approximate surface area is 120 Å². The summed E-state index contributed by atoms with van der Waals surface area (Å²) in [6.45, 7) is 0. The fourth-order valence-electron chi connectivity index (χ4n) is 1.80. The lowest BCUT2D eigenvalue weighted by atomic mass is 10.1. The predicted octanol–water partition coefficient (Wildman–Crippen LogP) is 2.86. The molecule has 0 saturated heterocycles. The molecule has 0 atom stereocenters. The smallest absolute Gasteiger partial charge is 0.158 e. The molecule has 2 aromatic heterocycles. The van der Waals surface area contributed by atoms with Crippen LogP contribution in [0.3, 0.4) is 0 Å². The fourth-order valence-corrected chi connectivity index (χ4v) is 2.34. The lowest BCUT2D eigenvalue weighted by Gasteiger charge is -2.07. The third kappa shape index (κ3) is 1.93. The molecule has 0 radical (unpaired) electrons. The van der Waals surface area contributed by atoms with E-state index >= 15 is 0 Å². The summed E-state index contributed by atoms with van der Waals surface area (Å²) in [7, 11) is 0. The number of halogens is 3. The second-order valence-corrected chi connectivity index (χ2v) is 4.95. The molecule has 3 rings (SSSR count). The van der Waals surface area contributed by atoms with Crippen molar-refractivity contribution in [3.8, 4) is 11.3 Å². The van der Waals surface area contributed by atoms with Crippen LogP contribution in [0.5, 0.6) is 0 Å². The van der Waals surface area contributed by atoms with Gasteiger partial charge in [-0.15, -0.1) is 0 Å². The van der Waals surface area contributed by atoms with Gasteiger partial charge in [0.15, 0.2) is 5.82 Å². The molecule has 0 aliphatic heterocycles. The monoisotopic (exact) mass is 372 g/mol. The predicted molar refractivity (Wildman–Crippen MR) is 75.5 cm³/mol. The average Bonchev–Trinajstić information content (AvgIpc) is 2.76. The fraction of sp³-hybridized carbons (Fsp3) is 0. The van der Waals surface area contributed by atoms with Crippen molar-refractivity contribution in [1.29, 1.82) is 0 Å². The van der Waals surface area contributed by atoms with Gasteiger partial charge in [0.2, 0.25) is 0 Å². The number of hydrogen-bond acceptors (Lipinski definition) is 3. The van der Waals surface area contributed by atoms with E-state index in [-0.39, 0.29) is 16.9 Å². The Hall–Kier alpha value is -1.77. The van der Waals surface area contributed by atoms with Crippen LogP contribution in [-0.2, 0) is 0 Å². The van der Waals surface area contributed by atoms with E-state index in [2.05, 4.69) is 32.6 Å². The van der Waals surface area contributed by atoms with Crippen LogP contribution in [0, 0.1) is 15.3 Å². The van der Waals surface area contributed by atoms with Crippen molar-refractivity contribution in [3.63, 3.8) is 0 Å². The summed E-state index contributed by atoms with van der Waals surface area (Å²) in [5.74, 6) is -1.50. The summed E-state index contributed by atoms with van der Waals surface area (Å²) >= 11 is 2.06. The maximum Gasteiger partial charge on any atom is 0.158 e. The van der Waals surface area contributed by atoms with Gasteiger partial charge >= 0.3 is 0 Å². The molecule has 19 heavy (non-hydrogen) atoms. The molecule has 0 bridgehead atoms. The maximum atomic E-state index is 13.9. The minimum Gasteiger partial charge on any atom is -0.396 e. The number of hydrogen-bond donors (Lipinski definition) is 1. The quantitative estimate of drug-likeness (QED) is 0.528. The molecule has 3 aromatic rings.